The number of benzene rings is 1. The lowest BCUT2D eigenvalue weighted by molar-refractivity contribution is -0.111. The number of amides is 1. The summed E-state index contributed by atoms with van der Waals surface area (Å²) >= 11 is 0. The Balaban J connectivity index is 1.78. The third kappa shape index (κ3) is 8.51. The summed E-state index contributed by atoms with van der Waals surface area (Å²) in [7, 11) is 3.41. The molecule has 0 aliphatic carbocycles. The van der Waals surface area contributed by atoms with Gasteiger partial charge in [-0.25, -0.2) is 9.78 Å². The maximum absolute atomic E-state index is 13.2. The molecule has 1 fully saturated rings. The van der Waals surface area contributed by atoms with E-state index in [-0.39, 0.29) is 29.3 Å². The summed E-state index contributed by atoms with van der Waals surface area (Å²) < 4.78 is 18.5. The zero-order valence-corrected chi connectivity index (χ0v) is 27.2. The molecular formula is C33H42N8O5. The van der Waals surface area contributed by atoms with Crippen LogP contribution in [0, 0.1) is 0 Å². The van der Waals surface area contributed by atoms with Crippen molar-refractivity contribution in [2.24, 2.45) is 7.05 Å². The maximum Gasteiger partial charge on any atom is 0.343 e. The van der Waals surface area contributed by atoms with Crippen LogP contribution < -0.4 is 25.6 Å². The van der Waals surface area contributed by atoms with E-state index >= 15 is 0 Å². The Morgan fingerprint density at radius 3 is 2.57 bits per heavy atom. The van der Waals surface area contributed by atoms with Crippen molar-refractivity contribution < 1.29 is 23.8 Å². The van der Waals surface area contributed by atoms with E-state index in [9.17, 15) is 9.59 Å². The fraction of sp³-hybridized carbons (Fsp3) is 0.364. The molecule has 13 nitrogen and oxygen atoms in total. The number of ether oxygens (including phenoxy) is 3. The summed E-state index contributed by atoms with van der Waals surface area (Å²) in [5.41, 5.74) is 4.29. The molecular weight excluding hydrogens is 588 g/mol. The average Bonchev–Trinajstić information content (AvgIpc) is 3.49. The van der Waals surface area contributed by atoms with E-state index in [1.54, 1.807) is 31.7 Å². The largest absolute Gasteiger partial charge is 0.494 e. The minimum Gasteiger partial charge on any atom is -0.494 e. The Kier molecular flexibility index (Phi) is 11.5. The van der Waals surface area contributed by atoms with E-state index in [4.69, 9.17) is 19.2 Å². The zero-order chi connectivity index (χ0) is 33.2. The van der Waals surface area contributed by atoms with Crippen LogP contribution in [0.3, 0.4) is 0 Å². The molecule has 2 aromatic heterocycles. The van der Waals surface area contributed by atoms with Gasteiger partial charge < -0.3 is 35.1 Å². The van der Waals surface area contributed by atoms with Crippen LogP contribution in [0.15, 0.2) is 61.1 Å². The molecule has 0 radical (unpaired) electrons. The van der Waals surface area contributed by atoms with Gasteiger partial charge in [-0.15, -0.1) is 0 Å². The topological polar surface area (TPSA) is 145 Å². The molecule has 0 bridgehead atoms. The number of allylic oxidation sites excluding steroid dienone is 3. The summed E-state index contributed by atoms with van der Waals surface area (Å²) in [6, 6.07) is 5.50. The van der Waals surface area contributed by atoms with E-state index < -0.39 is 5.97 Å². The highest BCUT2D eigenvalue weighted by atomic mass is 16.5. The SMILES string of the molecule is C=CC(=O)Nc1cc(Nc2ncc(C(=O)OC(C)C)c(NC(/C=C\CC)=C(/C)c3ccn(C)n3)n2)c(OC)cc1N1CCOCC1. The first-order valence-electron chi connectivity index (χ1n) is 15.1. The van der Waals surface area contributed by atoms with Crippen LogP contribution in [0.25, 0.3) is 5.57 Å². The van der Waals surface area contributed by atoms with Crippen molar-refractivity contribution in [3.63, 3.8) is 0 Å². The molecule has 1 aliphatic heterocycles. The molecule has 1 saturated heterocycles. The molecule has 0 spiro atoms. The number of hydrogen-bond acceptors (Lipinski definition) is 11. The highest BCUT2D eigenvalue weighted by Crippen LogP contribution is 2.39. The Morgan fingerprint density at radius 2 is 1.93 bits per heavy atom. The van der Waals surface area contributed by atoms with Gasteiger partial charge in [-0.2, -0.15) is 10.1 Å². The van der Waals surface area contributed by atoms with Crippen LogP contribution >= 0.6 is 0 Å². The van der Waals surface area contributed by atoms with Gasteiger partial charge in [-0.1, -0.05) is 19.6 Å². The first kappa shape index (κ1) is 33.7. The van der Waals surface area contributed by atoms with E-state index in [0.717, 1.165) is 23.4 Å². The van der Waals surface area contributed by atoms with Crippen molar-refractivity contribution in [3.05, 3.63) is 72.4 Å². The number of esters is 1. The average molecular weight is 631 g/mol. The Labute approximate surface area is 269 Å². The van der Waals surface area contributed by atoms with Gasteiger partial charge in [0.15, 0.2) is 5.82 Å². The Bertz CT molecular complexity index is 1620. The van der Waals surface area contributed by atoms with Gasteiger partial charge in [0.25, 0.3) is 0 Å². The second-order valence-electron chi connectivity index (χ2n) is 10.7. The first-order chi connectivity index (χ1) is 22.1. The lowest BCUT2D eigenvalue weighted by atomic mass is 10.1. The number of carbonyl (C=O) groups excluding carboxylic acids is 2. The van der Waals surface area contributed by atoms with Gasteiger partial charge in [0.1, 0.15) is 11.3 Å². The van der Waals surface area contributed by atoms with Crippen LogP contribution in [0.4, 0.5) is 28.8 Å². The molecule has 46 heavy (non-hydrogen) atoms. The molecule has 1 aromatic carbocycles. The Morgan fingerprint density at radius 1 is 1.17 bits per heavy atom. The number of rotatable bonds is 13. The second kappa shape index (κ2) is 15.7. The van der Waals surface area contributed by atoms with Crippen molar-refractivity contribution in [1.29, 1.82) is 0 Å². The van der Waals surface area contributed by atoms with E-state index in [1.165, 1.54) is 12.3 Å². The predicted molar refractivity (Wildman–Crippen MR) is 180 cm³/mol. The summed E-state index contributed by atoms with van der Waals surface area (Å²) in [6.07, 6.45) is 8.86. The van der Waals surface area contributed by atoms with E-state index in [0.29, 0.717) is 49.1 Å². The van der Waals surface area contributed by atoms with Gasteiger partial charge in [0.2, 0.25) is 11.9 Å². The van der Waals surface area contributed by atoms with Gasteiger partial charge >= 0.3 is 5.97 Å². The fourth-order valence-electron chi connectivity index (χ4n) is 4.65. The minimum absolute atomic E-state index is 0.157. The molecule has 244 valence electrons. The highest BCUT2D eigenvalue weighted by Gasteiger charge is 2.22. The van der Waals surface area contributed by atoms with E-state index in [2.05, 4.69) is 37.5 Å². The highest BCUT2D eigenvalue weighted by molar-refractivity contribution is 6.02. The lowest BCUT2D eigenvalue weighted by Gasteiger charge is -2.31. The molecule has 0 atom stereocenters. The summed E-state index contributed by atoms with van der Waals surface area (Å²) in [6.45, 7) is 13.5. The van der Waals surface area contributed by atoms with Crippen molar-refractivity contribution in [1.82, 2.24) is 19.7 Å². The van der Waals surface area contributed by atoms with Crippen molar-refractivity contribution >= 4 is 46.3 Å². The number of nitrogens with one attached hydrogen (secondary N) is 3. The molecule has 1 aliphatic rings. The van der Waals surface area contributed by atoms with Gasteiger partial charge in [-0.05, 0) is 51.5 Å². The number of aromatic nitrogens is 4. The molecule has 3 aromatic rings. The maximum atomic E-state index is 13.2. The van der Waals surface area contributed by atoms with Gasteiger partial charge in [0.05, 0.1) is 49.2 Å². The molecule has 0 saturated carbocycles. The Hall–Kier alpha value is -5.17. The van der Waals surface area contributed by atoms with Crippen LogP contribution in [0.2, 0.25) is 0 Å². The monoisotopic (exact) mass is 630 g/mol. The minimum atomic E-state index is -0.569. The number of methoxy groups -OCH3 is 1. The van der Waals surface area contributed by atoms with Gasteiger partial charge in [0, 0.05) is 49.9 Å². The molecule has 1 amide bonds. The number of anilines is 5. The number of morpholine rings is 1. The molecule has 0 unspecified atom stereocenters. The molecule has 4 rings (SSSR count). The van der Waals surface area contributed by atoms with E-state index in [1.807, 2.05) is 51.4 Å². The summed E-state index contributed by atoms with van der Waals surface area (Å²) in [4.78, 5) is 36.8. The van der Waals surface area contributed by atoms with Crippen molar-refractivity contribution in [3.8, 4) is 5.75 Å². The predicted octanol–water partition coefficient (Wildman–Crippen LogP) is 5.30. The van der Waals surface area contributed by atoms with Crippen LogP contribution in [-0.4, -0.2) is 71.1 Å². The normalized spacial score (nSPS) is 13.8. The standard InChI is InChI=1S/C33H42N8O5/c1-8-10-11-24(22(5)25-12-13-40(6)39-25)36-31-23(32(43)46-21(3)4)20-34-33(38-31)37-27-18-26(35-30(42)9-2)28(19-29(27)44-7)41-14-16-45-17-15-41/h9-13,18-21H,2,8,14-17H2,1,3-7H3,(H,35,42)(H2,34,36,37,38)/b11-10-,24-22-. The van der Waals surface area contributed by atoms with Crippen LogP contribution in [0.1, 0.15) is 50.2 Å². The number of aryl methyl sites for hydroxylation is 1. The lowest BCUT2D eigenvalue weighted by Crippen LogP contribution is -2.36. The van der Waals surface area contributed by atoms with Crippen LogP contribution in [-0.2, 0) is 21.3 Å². The third-order valence-electron chi connectivity index (χ3n) is 6.99. The number of hydrogen-bond donors (Lipinski definition) is 3. The quantitative estimate of drug-likeness (QED) is 0.129. The first-order valence-corrected chi connectivity index (χ1v) is 15.1. The summed E-state index contributed by atoms with van der Waals surface area (Å²) in [5, 5.41) is 14.0. The van der Waals surface area contributed by atoms with Crippen molar-refractivity contribution in [2.45, 2.75) is 40.2 Å². The van der Waals surface area contributed by atoms with Crippen molar-refractivity contribution in [2.75, 3.05) is 54.3 Å². The summed E-state index contributed by atoms with van der Waals surface area (Å²) in [5.74, 6) is -0.0177. The zero-order valence-electron chi connectivity index (χ0n) is 27.2. The molecule has 13 heteroatoms. The molecule has 3 N–H and O–H groups in total. The number of nitrogens with zero attached hydrogens (tertiary/aromatic N) is 5. The van der Waals surface area contributed by atoms with Gasteiger partial charge in [-0.3, -0.25) is 9.48 Å². The number of carbonyl (C=O) groups is 2. The second-order valence-corrected chi connectivity index (χ2v) is 10.7. The fourth-order valence-corrected chi connectivity index (χ4v) is 4.65. The smallest absolute Gasteiger partial charge is 0.343 e. The third-order valence-corrected chi connectivity index (χ3v) is 6.99. The molecule has 3 heterocycles. The van der Waals surface area contributed by atoms with Crippen LogP contribution in [0.5, 0.6) is 5.75 Å².